The summed E-state index contributed by atoms with van der Waals surface area (Å²) in [6.45, 7) is 1.84. The number of aliphatic carboxylic acids is 1. The van der Waals surface area contributed by atoms with Gasteiger partial charge in [0.1, 0.15) is 0 Å². The van der Waals surface area contributed by atoms with Gasteiger partial charge in [-0.05, 0) is 40.5 Å². The van der Waals surface area contributed by atoms with Crippen LogP contribution in [0.3, 0.4) is 0 Å². The first-order valence-corrected chi connectivity index (χ1v) is 11.2. The number of hydrogen-bond donors (Lipinski definition) is 1. The van der Waals surface area contributed by atoms with E-state index in [2.05, 4.69) is 9.88 Å². The van der Waals surface area contributed by atoms with E-state index >= 15 is 0 Å². The van der Waals surface area contributed by atoms with Crippen LogP contribution in [0.15, 0.2) is 79.3 Å². The molecular weight excluding hydrogens is 455 g/mol. The third-order valence-electron chi connectivity index (χ3n) is 6.21. The highest BCUT2D eigenvalue weighted by Gasteiger charge is 2.34. The molecule has 0 unspecified atom stereocenters. The first-order chi connectivity index (χ1) is 16.8. The minimum Gasteiger partial charge on any atom is -0.481 e. The average Bonchev–Trinajstić information content (AvgIpc) is 3.49. The quantitative estimate of drug-likeness (QED) is 0.369. The van der Waals surface area contributed by atoms with Crippen molar-refractivity contribution in [1.29, 1.82) is 0 Å². The molecule has 0 atom stereocenters. The van der Waals surface area contributed by atoms with Crippen LogP contribution in [0.25, 0.3) is 28.1 Å². The Hall–Kier alpha value is -3.91. The molecule has 35 heavy (non-hydrogen) atoms. The topological polar surface area (TPSA) is 58.4 Å². The molecule has 0 bridgehead atoms. The van der Waals surface area contributed by atoms with Crippen LogP contribution in [0, 0.1) is 0 Å². The van der Waals surface area contributed by atoms with E-state index < -0.39 is 17.7 Å². The highest BCUT2D eigenvalue weighted by molar-refractivity contribution is 5.73. The SMILES string of the molecule is O=C(O)CCN1Cc2ccc(-n3cnc(-c4ccc(-c5ccccc5)c(C(F)(F)F)c4)c3)cc2C1. The van der Waals surface area contributed by atoms with Crippen LogP contribution in [-0.2, 0) is 24.1 Å². The second-order valence-corrected chi connectivity index (χ2v) is 8.60. The fraction of sp³-hybridized carbons (Fsp3) is 0.185. The van der Waals surface area contributed by atoms with Gasteiger partial charge in [0.25, 0.3) is 0 Å². The maximum atomic E-state index is 13.9. The molecule has 0 saturated carbocycles. The molecule has 4 aromatic rings. The molecule has 0 aliphatic carbocycles. The van der Waals surface area contributed by atoms with Gasteiger partial charge in [0.2, 0.25) is 0 Å². The number of nitrogens with zero attached hydrogens (tertiary/aromatic N) is 3. The molecule has 5 rings (SSSR count). The lowest BCUT2D eigenvalue weighted by atomic mass is 9.96. The van der Waals surface area contributed by atoms with Gasteiger partial charge in [0, 0.05) is 37.1 Å². The maximum Gasteiger partial charge on any atom is 0.417 e. The Morgan fingerprint density at radius 2 is 1.71 bits per heavy atom. The lowest BCUT2D eigenvalue weighted by Crippen LogP contribution is -2.20. The zero-order chi connectivity index (χ0) is 24.6. The summed E-state index contributed by atoms with van der Waals surface area (Å²) in [5, 5.41) is 8.92. The van der Waals surface area contributed by atoms with Crippen molar-refractivity contribution in [3.63, 3.8) is 0 Å². The van der Waals surface area contributed by atoms with Crippen molar-refractivity contribution in [2.75, 3.05) is 6.54 Å². The number of fused-ring (bicyclic) bond motifs is 1. The molecular formula is C27H22F3N3O2. The lowest BCUT2D eigenvalue weighted by Gasteiger charge is -2.14. The van der Waals surface area contributed by atoms with Crippen LogP contribution in [0.4, 0.5) is 13.2 Å². The number of hydrogen-bond acceptors (Lipinski definition) is 3. The van der Waals surface area contributed by atoms with Gasteiger partial charge in [-0.3, -0.25) is 9.69 Å². The van der Waals surface area contributed by atoms with E-state index in [0.717, 1.165) is 22.9 Å². The van der Waals surface area contributed by atoms with Crippen LogP contribution >= 0.6 is 0 Å². The Bertz CT molecular complexity index is 1380. The predicted molar refractivity (Wildman–Crippen MR) is 126 cm³/mol. The largest absolute Gasteiger partial charge is 0.481 e. The van der Waals surface area contributed by atoms with Crippen molar-refractivity contribution in [2.45, 2.75) is 25.7 Å². The minimum atomic E-state index is -4.50. The van der Waals surface area contributed by atoms with Crippen molar-refractivity contribution >= 4 is 5.97 Å². The van der Waals surface area contributed by atoms with Crippen molar-refractivity contribution < 1.29 is 23.1 Å². The Kier molecular flexibility index (Phi) is 5.90. The molecule has 5 nitrogen and oxygen atoms in total. The van der Waals surface area contributed by atoms with Crippen molar-refractivity contribution in [3.8, 4) is 28.1 Å². The van der Waals surface area contributed by atoms with E-state index in [0.29, 0.717) is 36.5 Å². The number of alkyl halides is 3. The van der Waals surface area contributed by atoms with Gasteiger partial charge in [0.15, 0.2) is 0 Å². The van der Waals surface area contributed by atoms with E-state index in [4.69, 9.17) is 5.11 Å². The molecule has 0 fully saturated rings. The number of benzene rings is 3. The molecule has 1 aliphatic heterocycles. The summed E-state index contributed by atoms with van der Waals surface area (Å²) in [6, 6.07) is 18.8. The number of imidazole rings is 1. The lowest BCUT2D eigenvalue weighted by molar-refractivity contribution is -0.138. The molecule has 1 aromatic heterocycles. The average molecular weight is 477 g/mol. The van der Waals surface area contributed by atoms with Crippen LogP contribution in [0.2, 0.25) is 0 Å². The Labute approximate surface area is 200 Å². The van der Waals surface area contributed by atoms with Crippen molar-refractivity contribution in [2.24, 2.45) is 0 Å². The highest BCUT2D eigenvalue weighted by atomic mass is 19.4. The van der Waals surface area contributed by atoms with Crippen LogP contribution in [0.5, 0.6) is 0 Å². The van der Waals surface area contributed by atoms with E-state index in [9.17, 15) is 18.0 Å². The molecule has 1 N–H and O–H groups in total. The number of rotatable bonds is 6. The Balaban J connectivity index is 1.42. The summed E-state index contributed by atoms with van der Waals surface area (Å²) in [5.41, 5.74) is 3.87. The number of carboxylic acid groups (broad SMARTS) is 1. The van der Waals surface area contributed by atoms with Crippen LogP contribution in [0.1, 0.15) is 23.1 Å². The number of aromatic nitrogens is 2. The molecule has 1 aliphatic rings. The van der Waals surface area contributed by atoms with Crippen LogP contribution < -0.4 is 0 Å². The molecule has 0 spiro atoms. The molecule has 8 heteroatoms. The van der Waals surface area contributed by atoms with Gasteiger partial charge in [-0.1, -0.05) is 48.5 Å². The zero-order valence-electron chi connectivity index (χ0n) is 18.7. The van der Waals surface area contributed by atoms with Gasteiger partial charge in [-0.25, -0.2) is 4.98 Å². The number of carboxylic acids is 1. The zero-order valence-corrected chi connectivity index (χ0v) is 18.7. The third-order valence-corrected chi connectivity index (χ3v) is 6.21. The molecule has 0 radical (unpaired) electrons. The van der Waals surface area contributed by atoms with Gasteiger partial charge in [-0.2, -0.15) is 13.2 Å². The monoisotopic (exact) mass is 477 g/mol. The summed E-state index contributed by atoms with van der Waals surface area (Å²) in [5.74, 6) is -0.821. The summed E-state index contributed by atoms with van der Waals surface area (Å²) in [6.07, 6.45) is -1.10. The fourth-order valence-electron chi connectivity index (χ4n) is 4.44. The normalized spacial score (nSPS) is 13.7. The van der Waals surface area contributed by atoms with Crippen molar-refractivity contribution in [1.82, 2.24) is 14.5 Å². The van der Waals surface area contributed by atoms with E-state index in [-0.39, 0.29) is 12.0 Å². The van der Waals surface area contributed by atoms with Crippen LogP contribution in [-0.4, -0.2) is 32.1 Å². The van der Waals surface area contributed by atoms with Gasteiger partial charge >= 0.3 is 12.1 Å². The Morgan fingerprint density at radius 1 is 0.943 bits per heavy atom. The standard InChI is InChI=1S/C27H22F3N3O2/c28-27(29,30)24-13-19(7-9-23(24)18-4-2-1-3-5-18)25-16-33(17-31-25)22-8-6-20-14-32(11-10-26(34)35)15-21(20)12-22/h1-9,12-13,16-17H,10-11,14-15H2,(H,34,35). The van der Waals surface area contributed by atoms with E-state index in [1.54, 1.807) is 53.5 Å². The Morgan fingerprint density at radius 3 is 2.46 bits per heavy atom. The third kappa shape index (κ3) is 4.83. The first-order valence-electron chi connectivity index (χ1n) is 11.2. The van der Waals surface area contributed by atoms with E-state index in [1.807, 2.05) is 18.2 Å². The van der Waals surface area contributed by atoms with Gasteiger partial charge < -0.3 is 9.67 Å². The maximum absolute atomic E-state index is 13.9. The first kappa shape index (κ1) is 22.9. The number of halogens is 3. The van der Waals surface area contributed by atoms with Gasteiger partial charge in [0.05, 0.1) is 24.0 Å². The minimum absolute atomic E-state index is 0.0920. The second kappa shape index (κ2) is 9.03. The molecule has 0 saturated heterocycles. The summed E-state index contributed by atoms with van der Waals surface area (Å²) < 4.78 is 43.5. The second-order valence-electron chi connectivity index (χ2n) is 8.60. The predicted octanol–water partition coefficient (Wildman–Crippen LogP) is 6.02. The summed E-state index contributed by atoms with van der Waals surface area (Å²) >= 11 is 0. The van der Waals surface area contributed by atoms with Gasteiger partial charge in [-0.15, -0.1) is 0 Å². The smallest absolute Gasteiger partial charge is 0.417 e. The van der Waals surface area contributed by atoms with E-state index in [1.165, 1.54) is 6.07 Å². The number of carbonyl (C=O) groups is 1. The molecule has 3 aromatic carbocycles. The fourth-order valence-corrected chi connectivity index (χ4v) is 4.44. The molecule has 178 valence electrons. The van der Waals surface area contributed by atoms with Crippen molar-refractivity contribution in [3.05, 3.63) is 95.9 Å². The molecule has 0 amide bonds. The summed E-state index contributed by atoms with van der Waals surface area (Å²) in [7, 11) is 0. The summed E-state index contributed by atoms with van der Waals surface area (Å²) in [4.78, 5) is 17.3. The molecule has 2 heterocycles. The highest BCUT2D eigenvalue weighted by Crippen LogP contribution is 2.39.